The van der Waals surface area contributed by atoms with Crippen molar-refractivity contribution in [2.45, 2.75) is 31.6 Å². The maximum absolute atomic E-state index is 13.1. The van der Waals surface area contributed by atoms with E-state index in [-0.39, 0.29) is 16.4 Å². The van der Waals surface area contributed by atoms with Gasteiger partial charge in [-0.15, -0.1) is 0 Å². The summed E-state index contributed by atoms with van der Waals surface area (Å²) in [5, 5.41) is 1.90. The first-order valence-electron chi connectivity index (χ1n) is 11.1. The molecule has 4 rings (SSSR count). The molecule has 0 atom stereocenters. The summed E-state index contributed by atoms with van der Waals surface area (Å²) in [6, 6.07) is 12.8. The summed E-state index contributed by atoms with van der Waals surface area (Å²) < 4.78 is 25.1. The Morgan fingerprint density at radius 3 is 2.64 bits per heavy atom. The van der Waals surface area contributed by atoms with Crippen LogP contribution in [0.3, 0.4) is 0 Å². The third-order valence-corrected chi connectivity index (χ3v) is 7.63. The third kappa shape index (κ3) is 4.70. The van der Waals surface area contributed by atoms with Crippen LogP contribution in [0.5, 0.6) is 0 Å². The van der Waals surface area contributed by atoms with Crippen LogP contribution in [0.2, 0.25) is 0 Å². The first-order chi connectivity index (χ1) is 15.7. The first-order valence-corrected chi connectivity index (χ1v) is 12.8. The van der Waals surface area contributed by atoms with Crippen LogP contribution in [0, 0.1) is 6.92 Å². The van der Waals surface area contributed by atoms with E-state index < -0.39 is 9.84 Å². The molecular weight excluding hydrogens is 434 g/mol. The van der Waals surface area contributed by atoms with E-state index in [1.807, 2.05) is 39.2 Å². The fourth-order valence-electron chi connectivity index (χ4n) is 4.13. The molecule has 1 N–H and O–H groups in total. The van der Waals surface area contributed by atoms with Gasteiger partial charge in [-0.1, -0.05) is 19.1 Å². The molecule has 2 aromatic carbocycles. The number of H-pyrrole nitrogens is 1. The number of fused-ring (bicyclic) bond motifs is 3. The highest BCUT2D eigenvalue weighted by atomic mass is 32.2. The summed E-state index contributed by atoms with van der Waals surface area (Å²) in [6.07, 6.45) is 3.03. The minimum Gasteiger partial charge on any atom is -0.339 e. The van der Waals surface area contributed by atoms with Crippen molar-refractivity contribution in [3.8, 4) is 11.1 Å². The monoisotopic (exact) mass is 463 g/mol. The molecule has 2 aromatic heterocycles. The van der Waals surface area contributed by atoms with E-state index in [1.54, 1.807) is 31.3 Å². The lowest BCUT2D eigenvalue weighted by atomic mass is 9.95. The molecule has 33 heavy (non-hydrogen) atoms. The third-order valence-electron chi connectivity index (χ3n) is 5.90. The van der Waals surface area contributed by atoms with Crippen LogP contribution in [0.1, 0.15) is 35.7 Å². The van der Waals surface area contributed by atoms with Crippen LogP contribution in [0.4, 0.5) is 0 Å². The Kier molecular flexibility index (Phi) is 6.36. The van der Waals surface area contributed by atoms with Gasteiger partial charge < -0.3 is 9.88 Å². The molecule has 4 aromatic rings. The minimum atomic E-state index is -3.36. The van der Waals surface area contributed by atoms with Crippen molar-refractivity contribution in [3.63, 3.8) is 0 Å². The Morgan fingerprint density at radius 1 is 1.12 bits per heavy atom. The number of nitrogens with zero attached hydrogens (tertiary/aromatic N) is 2. The van der Waals surface area contributed by atoms with Gasteiger partial charge in [0.2, 0.25) is 0 Å². The number of benzene rings is 2. The lowest BCUT2D eigenvalue weighted by Crippen LogP contribution is -2.14. The molecule has 0 amide bonds. The minimum absolute atomic E-state index is 0.0342. The maximum Gasteiger partial charge on any atom is 0.178 e. The molecule has 0 saturated heterocycles. The summed E-state index contributed by atoms with van der Waals surface area (Å²) in [4.78, 5) is 23.3. The van der Waals surface area contributed by atoms with Crippen molar-refractivity contribution in [1.29, 1.82) is 0 Å². The van der Waals surface area contributed by atoms with Crippen molar-refractivity contribution < 1.29 is 13.2 Å². The predicted octanol–water partition coefficient (Wildman–Crippen LogP) is 5.01. The zero-order valence-electron chi connectivity index (χ0n) is 19.5. The van der Waals surface area contributed by atoms with Crippen molar-refractivity contribution in [2.75, 3.05) is 26.4 Å². The number of carbonyl (C=O) groups excluding carboxylic acids is 1. The molecule has 0 saturated carbocycles. The number of aryl methyl sites for hydroxylation is 1. The van der Waals surface area contributed by atoms with Crippen LogP contribution in [-0.4, -0.2) is 55.5 Å². The van der Waals surface area contributed by atoms with E-state index in [4.69, 9.17) is 0 Å². The predicted molar refractivity (Wildman–Crippen MR) is 134 cm³/mol. The van der Waals surface area contributed by atoms with Crippen LogP contribution < -0.4 is 0 Å². The highest BCUT2D eigenvalue weighted by Gasteiger charge is 2.18. The number of carbonyl (C=O) groups is 1. The summed E-state index contributed by atoms with van der Waals surface area (Å²) in [6.45, 7) is 4.47. The zero-order valence-corrected chi connectivity index (χ0v) is 20.3. The van der Waals surface area contributed by atoms with Gasteiger partial charge in [0.05, 0.1) is 10.6 Å². The number of rotatable bonds is 8. The topological polar surface area (TPSA) is 83.1 Å². The van der Waals surface area contributed by atoms with Crippen LogP contribution in [0.25, 0.3) is 33.1 Å². The maximum atomic E-state index is 13.1. The number of pyridine rings is 1. The molecule has 0 fully saturated rings. The number of hydrogen-bond donors (Lipinski definition) is 1. The normalized spacial score (nSPS) is 12.2. The standard InChI is InChI=1S/C26H29N3O3S/c1-5-33(31,32)20-9-6-8-18(13-20)21-14-19(24(30)10-7-11-29(3)4)15-23-25(21)22-12-17(2)16-27-26(22)28-23/h6,8-9,12-16H,5,7,10-11H2,1-4H3,(H,27,28). The summed E-state index contributed by atoms with van der Waals surface area (Å²) >= 11 is 0. The Bertz CT molecular complexity index is 1450. The number of nitrogens with one attached hydrogen (secondary N) is 1. The molecule has 0 radical (unpaired) electrons. The Balaban J connectivity index is 1.93. The molecule has 0 aliphatic rings. The number of hydrogen-bond acceptors (Lipinski definition) is 5. The fraction of sp³-hybridized carbons (Fsp3) is 0.308. The van der Waals surface area contributed by atoms with Gasteiger partial charge in [-0.05, 0) is 81.0 Å². The Hall–Kier alpha value is -3.03. The molecule has 0 bridgehead atoms. The summed E-state index contributed by atoms with van der Waals surface area (Å²) in [5.41, 5.74) is 4.80. The van der Waals surface area contributed by atoms with Crippen LogP contribution in [-0.2, 0) is 9.84 Å². The van der Waals surface area contributed by atoms with Crippen LogP contribution in [0.15, 0.2) is 53.6 Å². The second-order valence-electron chi connectivity index (χ2n) is 8.74. The van der Waals surface area contributed by atoms with Crippen LogP contribution >= 0.6 is 0 Å². The van der Waals surface area contributed by atoms with Crippen molar-refractivity contribution >= 4 is 37.6 Å². The zero-order chi connectivity index (χ0) is 23.8. The van der Waals surface area contributed by atoms with E-state index in [1.165, 1.54) is 0 Å². The molecule has 0 spiro atoms. The lowest BCUT2D eigenvalue weighted by molar-refractivity contribution is 0.0977. The van der Waals surface area contributed by atoms with E-state index in [9.17, 15) is 13.2 Å². The van der Waals surface area contributed by atoms with Gasteiger partial charge in [0.15, 0.2) is 15.6 Å². The Labute approximate surface area is 194 Å². The largest absolute Gasteiger partial charge is 0.339 e. The van der Waals surface area contributed by atoms with Crippen molar-refractivity contribution in [2.24, 2.45) is 0 Å². The second-order valence-corrected chi connectivity index (χ2v) is 11.0. The van der Waals surface area contributed by atoms with Gasteiger partial charge in [0, 0.05) is 34.5 Å². The van der Waals surface area contributed by atoms with Gasteiger partial charge in [0.1, 0.15) is 5.65 Å². The average molecular weight is 464 g/mol. The van der Waals surface area contributed by atoms with E-state index in [0.29, 0.717) is 12.0 Å². The smallest absolute Gasteiger partial charge is 0.178 e. The number of ketones is 1. The van der Waals surface area contributed by atoms with Gasteiger partial charge in [-0.3, -0.25) is 4.79 Å². The van der Waals surface area contributed by atoms with E-state index in [0.717, 1.165) is 51.6 Å². The van der Waals surface area contributed by atoms with Gasteiger partial charge in [-0.25, -0.2) is 13.4 Å². The lowest BCUT2D eigenvalue weighted by Gasteiger charge is -2.11. The highest BCUT2D eigenvalue weighted by Crippen LogP contribution is 2.36. The molecule has 7 heteroatoms. The highest BCUT2D eigenvalue weighted by molar-refractivity contribution is 7.91. The van der Waals surface area contributed by atoms with Crippen molar-refractivity contribution in [1.82, 2.24) is 14.9 Å². The molecule has 2 heterocycles. The molecular formula is C26H29N3O3S. The molecule has 6 nitrogen and oxygen atoms in total. The molecule has 172 valence electrons. The number of aromatic nitrogens is 2. The molecule has 0 aliphatic carbocycles. The van der Waals surface area contributed by atoms with E-state index >= 15 is 0 Å². The molecule has 0 unspecified atom stereocenters. The number of Topliss-reactive ketones (excluding diaryl/α,β-unsaturated/α-hetero) is 1. The Morgan fingerprint density at radius 2 is 1.91 bits per heavy atom. The molecule has 0 aliphatic heterocycles. The van der Waals surface area contributed by atoms with Gasteiger partial charge in [0.25, 0.3) is 0 Å². The summed E-state index contributed by atoms with van der Waals surface area (Å²) in [7, 11) is 0.627. The fourth-order valence-corrected chi connectivity index (χ4v) is 5.06. The first kappa shape index (κ1) is 23.1. The van der Waals surface area contributed by atoms with Gasteiger partial charge in [-0.2, -0.15) is 0 Å². The second kappa shape index (κ2) is 9.08. The van der Waals surface area contributed by atoms with E-state index in [2.05, 4.69) is 20.9 Å². The van der Waals surface area contributed by atoms with Crippen molar-refractivity contribution in [3.05, 3.63) is 59.8 Å². The summed E-state index contributed by atoms with van der Waals surface area (Å²) in [5.74, 6) is 0.104. The number of aromatic amines is 1. The number of sulfone groups is 1. The van der Waals surface area contributed by atoms with Gasteiger partial charge >= 0.3 is 0 Å². The quantitative estimate of drug-likeness (QED) is 0.372. The SMILES string of the molecule is CCS(=O)(=O)c1cccc(-c2cc(C(=O)CCCN(C)C)cc3[nH]c4ncc(C)cc4c23)c1. The average Bonchev–Trinajstić information content (AvgIpc) is 3.16.